The van der Waals surface area contributed by atoms with Crippen LogP contribution in [0.3, 0.4) is 0 Å². The lowest BCUT2D eigenvalue weighted by molar-refractivity contribution is 0.873. The molecule has 2 heteroatoms. The first-order valence-electron chi connectivity index (χ1n) is 6.14. The molecule has 1 atom stereocenters. The van der Waals surface area contributed by atoms with E-state index in [1.165, 1.54) is 10.8 Å². The van der Waals surface area contributed by atoms with Crippen LogP contribution in [0.15, 0.2) is 72.8 Å². The van der Waals surface area contributed by atoms with Gasteiger partial charge in [0.1, 0.15) is 0 Å². The molecule has 0 fully saturated rings. The van der Waals surface area contributed by atoms with Crippen LogP contribution in [-0.4, -0.2) is 0 Å². The second-order valence-corrected chi connectivity index (χ2v) is 4.49. The SMILES string of the molecule is Cl.NC(c1ccccc1)c1ccc2ccccc2c1. The highest BCUT2D eigenvalue weighted by molar-refractivity contribution is 5.85. The lowest BCUT2D eigenvalue weighted by Crippen LogP contribution is -2.11. The predicted molar refractivity (Wildman–Crippen MR) is 83.7 cm³/mol. The van der Waals surface area contributed by atoms with Gasteiger partial charge in [-0.15, -0.1) is 12.4 Å². The van der Waals surface area contributed by atoms with E-state index in [9.17, 15) is 0 Å². The molecule has 0 aromatic heterocycles. The molecule has 19 heavy (non-hydrogen) atoms. The molecule has 0 aliphatic rings. The van der Waals surface area contributed by atoms with Crippen LogP contribution in [0.25, 0.3) is 10.8 Å². The molecule has 3 aromatic carbocycles. The van der Waals surface area contributed by atoms with Crippen molar-refractivity contribution in [2.24, 2.45) is 5.73 Å². The van der Waals surface area contributed by atoms with Crippen molar-refractivity contribution < 1.29 is 0 Å². The Hall–Kier alpha value is -1.83. The largest absolute Gasteiger partial charge is 0.320 e. The summed E-state index contributed by atoms with van der Waals surface area (Å²) >= 11 is 0. The maximum absolute atomic E-state index is 6.31. The number of fused-ring (bicyclic) bond motifs is 1. The Morgan fingerprint density at radius 3 is 2.00 bits per heavy atom. The molecule has 0 bridgehead atoms. The van der Waals surface area contributed by atoms with Gasteiger partial charge in [0.25, 0.3) is 0 Å². The Morgan fingerprint density at radius 2 is 1.26 bits per heavy atom. The van der Waals surface area contributed by atoms with Crippen molar-refractivity contribution in [3.8, 4) is 0 Å². The molecule has 0 radical (unpaired) electrons. The van der Waals surface area contributed by atoms with Crippen LogP contribution in [-0.2, 0) is 0 Å². The molecular formula is C17H16ClN. The van der Waals surface area contributed by atoms with E-state index in [4.69, 9.17) is 5.73 Å². The fourth-order valence-electron chi connectivity index (χ4n) is 2.25. The van der Waals surface area contributed by atoms with Crippen molar-refractivity contribution in [3.05, 3.63) is 83.9 Å². The molecule has 3 aromatic rings. The van der Waals surface area contributed by atoms with Crippen LogP contribution in [0.5, 0.6) is 0 Å². The minimum Gasteiger partial charge on any atom is -0.320 e. The van der Waals surface area contributed by atoms with Gasteiger partial charge in [-0.05, 0) is 28.0 Å². The topological polar surface area (TPSA) is 26.0 Å². The smallest absolute Gasteiger partial charge is 0.0551 e. The van der Waals surface area contributed by atoms with Gasteiger partial charge in [-0.3, -0.25) is 0 Å². The Balaban J connectivity index is 0.00000133. The molecule has 0 aliphatic carbocycles. The van der Waals surface area contributed by atoms with E-state index in [1.807, 2.05) is 18.2 Å². The molecule has 0 spiro atoms. The summed E-state index contributed by atoms with van der Waals surface area (Å²) in [4.78, 5) is 0. The molecule has 2 N–H and O–H groups in total. The fourth-order valence-corrected chi connectivity index (χ4v) is 2.25. The van der Waals surface area contributed by atoms with E-state index in [-0.39, 0.29) is 18.4 Å². The van der Waals surface area contributed by atoms with Crippen molar-refractivity contribution in [3.63, 3.8) is 0 Å². The standard InChI is InChI=1S/C17H15N.ClH/c18-17(14-7-2-1-3-8-14)16-11-10-13-6-4-5-9-15(13)12-16;/h1-12,17H,18H2;1H. The summed E-state index contributed by atoms with van der Waals surface area (Å²) in [6.07, 6.45) is 0. The normalized spacial score (nSPS) is 11.8. The molecule has 96 valence electrons. The van der Waals surface area contributed by atoms with E-state index in [1.54, 1.807) is 0 Å². The van der Waals surface area contributed by atoms with Gasteiger partial charge < -0.3 is 5.73 Å². The van der Waals surface area contributed by atoms with Crippen LogP contribution < -0.4 is 5.73 Å². The number of hydrogen-bond donors (Lipinski definition) is 1. The van der Waals surface area contributed by atoms with Gasteiger partial charge in [-0.1, -0.05) is 66.7 Å². The van der Waals surface area contributed by atoms with E-state index >= 15 is 0 Å². The summed E-state index contributed by atoms with van der Waals surface area (Å²) in [5.41, 5.74) is 8.61. The number of halogens is 1. The summed E-state index contributed by atoms with van der Waals surface area (Å²) in [6, 6.07) is 24.9. The summed E-state index contributed by atoms with van der Waals surface area (Å²) in [7, 11) is 0. The fraction of sp³-hybridized carbons (Fsp3) is 0.0588. The Labute approximate surface area is 119 Å². The number of benzene rings is 3. The first kappa shape index (κ1) is 13.6. The second kappa shape index (κ2) is 5.87. The highest BCUT2D eigenvalue weighted by Crippen LogP contribution is 2.23. The molecule has 3 rings (SSSR count). The third kappa shape index (κ3) is 2.78. The zero-order chi connectivity index (χ0) is 12.4. The average Bonchev–Trinajstić information content (AvgIpc) is 2.47. The highest BCUT2D eigenvalue weighted by atomic mass is 35.5. The van der Waals surface area contributed by atoms with E-state index in [0.29, 0.717) is 0 Å². The Bertz CT molecular complexity index is 664. The summed E-state index contributed by atoms with van der Waals surface area (Å²) in [5.74, 6) is 0. The van der Waals surface area contributed by atoms with Crippen molar-refractivity contribution in [2.45, 2.75) is 6.04 Å². The Morgan fingerprint density at radius 1 is 0.632 bits per heavy atom. The van der Waals surface area contributed by atoms with Crippen LogP contribution in [0.1, 0.15) is 17.2 Å². The van der Waals surface area contributed by atoms with Crippen molar-refractivity contribution in [2.75, 3.05) is 0 Å². The van der Waals surface area contributed by atoms with Gasteiger partial charge in [0.15, 0.2) is 0 Å². The summed E-state index contributed by atoms with van der Waals surface area (Å²) < 4.78 is 0. The van der Waals surface area contributed by atoms with Gasteiger partial charge in [0.2, 0.25) is 0 Å². The predicted octanol–water partition coefficient (Wildman–Crippen LogP) is 4.31. The summed E-state index contributed by atoms with van der Waals surface area (Å²) in [5, 5.41) is 2.49. The van der Waals surface area contributed by atoms with Crippen LogP contribution >= 0.6 is 12.4 Å². The third-order valence-corrected chi connectivity index (χ3v) is 3.29. The van der Waals surface area contributed by atoms with Crippen LogP contribution in [0.2, 0.25) is 0 Å². The van der Waals surface area contributed by atoms with Gasteiger partial charge in [0, 0.05) is 0 Å². The maximum Gasteiger partial charge on any atom is 0.0551 e. The summed E-state index contributed by atoms with van der Waals surface area (Å²) in [6.45, 7) is 0. The van der Waals surface area contributed by atoms with Gasteiger partial charge in [0.05, 0.1) is 6.04 Å². The van der Waals surface area contributed by atoms with Gasteiger partial charge in [-0.2, -0.15) is 0 Å². The molecule has 0 amide bonds. The molecule has 0 saturated heterocycles. The first-order chi connectivity index (χ1) is 8.84. The third-order valence-electron chi connectivity index (χ3n) is 3.29. The monoisotopic (exact) mass is 269 g/mol. The molecular weight excluding hydrogens is 254 g/mol. The van der Waals surface area contributed by atoms with Gasteiger partial charge in [-0.25, -0.2) is 0 Å². The maximum atomic E-state index is 6.31. The number of hydrogen-bond acceptors (Lipinski definition) is 1. The zero-order valence-corrected chi connectivity index (χ0v) is 11.3. The minimum absolute atomic E-state index is 0. The van der Waals surface area contributed by atoms with Crippen LogP contribution in [0.4, 0.5) is 0 Å². The Kier molecular flexibility index (Phi) is 4.20. The van der Waals surface area contributed by atoms with E-state index in [2.05, 4.69) is 54.6 Å². The lowest BCUT2D eigenvalue weighted by Gasteiger charge is -2.13. The second-order valence-electron chi connectivity index (χ2n) is 4.49. The van der Waals surface area contributed by atoms with Crippen molar-refractivity contribution >= 4 is 23.2 Å². The highest BCUT2D eigenvalue weighted by Gasteiger charge is 2.08. The molecule has 1 nitrogen and oxygen atoms in total. The minimum atomic E-state index is -0.0594. The molecule has 0 aliphatic heterocycles. The zero-order valence-electron chi connectivity index (χ0n) is 10.5. The van der Waals surface area contributed by atoms with Crippen molar-refractivity contribution in [1.29, 1.82) is 0 Å². The lowest BCUT2D eigenvalue weighted by atomic mass is 9.97. The number of nitrogens with two attached hydrogens (primary N) is 1. The molecule has 1 unspecified atom stereocenters. The number of rotatable bonds is 2. The quantitative estimate of drug-likeness (QED) is 0.737. The van der Waals surface area contributed by atoms with Crippen molar-refractivity contribution in [1.82, 2.24) is 0 Å². The van der Waals surface area contributed by atoms with Gasteiger partial charge >= 0.3 is 0 Å². The molecule has 0 saturated carbocycles. The molecule has 0 heterocycles. The van der Waals surface area contributed by atoms with E-state index in [0.717, 1.165) is 11.1 Å². The van der Waals surface area contributed by atoms with E-state index < -0.39 is 0 Å². The first-order valence-corrected chi connectivity index (χ1v) is 6.14. The van der Waals surface area contributed by atoms with Crippen LogP contribution in [0, 0.1) is 0 Å². The average molecular weight is 270 g/mol.